The van der Waals surface area contributed by atoms with E-state index < -0.39 is 0 Å². The molecule has 1 heterocycles. The minimum Gasteiger partial charge on any atom is -0.399 e. The molecule has 0 spiro atoms. The van der Waals surface area contributed by atoms with Crippen molar-refractivity contribution in [1.82, 2.24) is 0 Å². The third-order valence-corrected chi connectivity index (χ3v) is 8.28. The molecule has 0 amide bonds. The van der Waals surface area contributed by atoms with Crippen LogP contribution in [0.3, 0.4) is 0 Å². The van der Waals surface area contributed by atoms with Gasteiger partial charge in [0.25, 0.3) is 0 Å². The lowest BCUT2D eigenvalue weighted by Gasteiger charge is -2.33. The molecule has 4 heteroatoms. The highest BCUT2D eigenvalue weighted by atomic mass is 79.9. The van der Waals surface area contributed by atoms with Crippen LogP contribution in [0.5, 0.6) is 0 Å². The molecule has 4 rings (SSSR count). The largest absolute Gasteiger partial charge is 0.494 e. The molecule has 1 fully saturated rings. The Morgan fingerprint density at radius 1 is 0.774 bits per heavy atom. The van der Waals surface area contributed by atoms with Crippen LogP contribution in [-0.2, 0) is 14.7 Å². The second-order valence-electron chi connectivity index (χ2n) is 10.4. The van der Waals surface area contributed by atoms with Gasteiger partial charge in [-0.15, -0.1) is 0 Å². The first kappa shape index (κ1) is 23.1. The second-order valence-corrected chi connectivity index (χ2v) is 11.3. The Morgan fingerprint density at radius 2 is 1.29 bits per heavy atom. The van der Waals surface area contributed by atoms with Crippen molar-refractivity contribution in [2.75, 3.05) is 0 Å². The lowest BCUT2D eigenvalue weighted by molar-refractivity contribution is 0.00578. The van der Waals surface area contributed by atoms with Gasteiger partial charge in [0.05, 0.1) is 11.2 Å². The second kappa shape index (κ2) is 8.35. The molecule has 0 N–H and O–H groups in total. The van der Waals surface area contributed by atoms with Crippen LogP contribution in [0.15, 0.2) is 40.9 Å². The summed E-state index contributed by atoms with van der Waals surface area (Å²) in [6.45, 7) is 13.1. The van der Waals surface area contributed by atoms with Crippen molar-refractivity contribution in [3.05, 3.63) is 52.0 Å². The van der Waals surface area contributed by atoms with Gasteiger partial charge in [0.1, 0.15) is 0 Å². The molecule has 1 aliphatic carbocycles. The summed E-state index contributed by atoms with van der Waals surface area (Å²) in [5, 5.41) is 0. The van der Waals surface area contributed by atoms with Crippen LogP contribution in [0.4, 0.5) is 0 Å². The van der Waals surface area contributed by atoms with Crippen LogP contribution in [0, 0.1) is 0 Å². The van der Waals surface area contributed by atoms with Gasteiger partial charge < -0.3 is 9.31 Å². The highest BCUT2D eigenvalue weighted by Gasteiger charge is 2.52. The normalized spacial score (nSPS) is 20.0. The van der Waals surface area contributed by atoms with E-state index in [9.17, 15) is 0 Å². The summed E-state index contributed by atoms with van der Waals surface area (Å²) in [7, 11) is -0.319. The molecule has 0 aromatic heterocycles. The van der Waals surface area contributed by atoms with Crippen LogP contribution < -0.4 is 5.46 Å². The van der Waals surface area contributed by atoms with Crippen molar-refractivity contribution in [1.29, 1.82) is 0 Å². The predicted molar refractivity (Wildman–Crippen MR) is 135 cm³/mol. The Labute approximate surface area is 197 Å². The minimum absolute atomic E-state index is 0.0696. The molecule has 2 aromatic carbocycles. The molecule has 0 unspecified atom stereocenters. The van der Waals surface area contributed by atoms with E-state index in [1.54, 1.807) is 0 Å². The predicted octanol–water partition coefficient (Wildman–Crippen LogP) is 7.40. The van der Waals surface area contributed by atoms with Crippen LogP contribution in [0.2, 0.25) is 0 Å². The van der Waals surface area contributed by atoms with E-state index in [-0.39, 0.29) is 23.7 Å². The van der Waals surface area contributed by atoms with E-state index in [1.807, 2.05) is 0 Å². The van der Waals surface area contributed by atoms with E-state index in [2.05, 4.69) is 93.9 Å². The maximum atomic E-state index is 6.41. The lowest BCUT2D eigenvalue weighted by Crippen LogP contribution is -2.41. The average molecular weight is 483 g/mol. The Kier molecular flexibility index (Phi) is 6.22. The first-order valence-corrected chi connectivity index (χ1v) is 12.7. The smallest absolute Gasteiger partial charge is 0.399 e. The topological polar surface area (TPSA) is 18.5 Å². The van der Waals surface area contributed by atoms with Crippen LogP contribution in [0.25, 0.3) is 11.1 Å². The lowest BCUT2D eigenvalue weighted by atomic mass is 9.68. The standard InChI is InChI=1S/C27H36BBrO2/c1-7-9-15-27(16-10-8-2)23-17-19(28-30-25(3,4)26(5,6)31-28)11-13-21(23)22-14-12-20(29)18-24(22)27/h11-14,17-18H,7-10,15-16H2,1-6H3. The summed E-state index contributed by atoms with van der Waals surface area (Å²) in [4.78, 5) is 0. The third kappa shape index (κ3) is 3.83. The monoisotopic (exact) mass is 482 g/mol. The zero-order chi connectivity index (χ0) is 22.4. The van der Waals surface area contributed by atoms with Crippen molar-refractivity contribution in [3.63, 3.8) is 0 Å². The summed E-state index contributed by atoms with van der Waals surface area (Å²) in [5.41, 5.74) is 6.29. The van der Waals surface area contributed by atoms with Crippen molar-refractivity contribution in [2.45, 2.75) is 96.7 Å². The van der Waals surface area contributed by atoms with Gasteiger partial charge in [-0.25, -0.2) is 0 Å². The number of fused-ring (bicyclic) bond motifs is 3. The third-order valence-electron chi connectivity index (χ3n) is 7.79. The minimum atomic E-state index is -0.327. The Bertz CT molecular complexity index is 942. The number of halogens is 1. The molecular formula is C27H36BBrO2. The number of hydrogen-bond acceptors (Lipinski definition) is 2. The van der Waals surface area contributed by atoms with Crippen molar-refractivity contribution < 1.29 is 9.31 Å². The fourth-order valence-corrected chi connectivity index (χ4v) is 5.59. The van der Waals surface area contributed by atoms with E-state index in [1.165, 1.54) is 65.3 Å². The fraction of sp³-hybridized carbons (Fsp3) is 0.556. The highest BCUT2D eigenvalue weighted by Crippen LogP contribution is 2.54. The number of hydrogen-bond donors (Lipinski definition) is 0. The highest BCUT2D eigenvalue weighted by molar-refractivity contribution is 9.10. The van der Waals surface area contributed by atoms with E-state index in [4.69, 9.17) is 9.31 Å². The average Bonchev–Trinajstić information content (AvgIpc) is 3.11. The first-order chi connectivity index (χ1) is 14.6. The zero-order valence-corrected chi connectivity index (χ0v) is 21.6. The quantitative estimate of drug-likeness (QED) is 0.382. The van der Waals surface area contributed by atoms with Gasteiger partial charge in [-0.1, -0.05) is 79.7 Å². The fourth-order valence-electron chi connectivity index (χ4n) is 5.23. The molecule has 0 atom stereocenters. The summed E-state index contributed by atoms with van der Waals surface area (Å²) in [6, 6.07) is 13.8. The number of unbranched alkanes of at least 4 members (excludes halogenated alkanes) is 2. The molecule has 31 heavy (non-hydrogen) atoms. The molecule has 166 valence electrons. The molecular weight excluding hydrogens is 447 g/mol. The van der Waals surface area contributed by atoms with Gasteiger partial charge in [0, 0.05) is 9.89 Å². The van der Waals surface area contributed by atoms with Gasteiger partial charge in [-0.05, 0) is 80.4 Å². The van der Waals surface area contributed by atoms with Crippen molar-refractivity contribution in [2.24, 2.45) is 0 Å². The van der Waals surface area contributed by atoms with Gasteiger partial charge in [-0.3, -0.25) is 0 Å². The molecule has 2 aliphatic rings. The van der Waals surface area contributed by atoms with Crippen molar-refractivity contribution >= 4 is 28.5 Å². The molecule has 1 saturated heterocycles. The van der Waals surface area contributed by atoms with Crippen LogP contribution >= 0.6 is 15.9 Å². The van der Waals surface area contributed by atoms with E-state index >= 15 is 0 Å². The van der Waals surface area contributed by atoms with Gasteiger partial charge in [-0.2, -0.15) is 0 Å². The van der Waals surface area contributed by atoms with Crippen LogP contribution in [-0.4, -0.2) is 18.3 Å². The molecule has 0 saturated carbocycles. The first-order valence-electron chi connectivity index (χ1n) is 12.0. The Hall–Kier alpha value is -1.10. The summed E-state index contributed by atoms with van der Waals surface area (Å²) in [5.74, 6) is 0. The summed E-state index contributed by atoms with van der Waals surface area (Å²) < 4.78 is 14.0. The van der Waals surface area contributed by atoms with Gasteiger partial charge in [0.15, 0.2) is 0 Å². The molecule has 0 radical (unpaired) electrons. The van der Waals surface area contributed by atoms with E-state index in [0.717, 1.165) is 5.46 Å². The summed E-state index contributed by atoms with van der Waals surface area (Å²) >= 11 is 3.75. The molecule has 0 bridgehead atoms. The maximum Gasteiger partial charge on any atom is 0.494 e. The Morgan fingerprint density at radius 3 is 1.84 bits per heavy atom. The number of rotatable bonds is 7. The number of benzene rings is 2. The molecule has 1 aliphatic heterocycles. The van der Waals surface area contributed by atoms with Crippen molar-refractivity contribution in [3.8, 4) is 11.1 Å². The zero-order valence-electron chi connectivity index (χ0n) is 20.0. The van der Waals surface area contributed by atoms with E-state index in [0.29, 0.717) is 0 Å². The Balaban J connectivity index is 1.84. The SMILES string of the molecule is CCCCC1(CCCC)c2cc(Br)ccc2-c2ccc(B3OC(C)(C)C(C)(C)O3)cc21. The summed E-state index contributed by atoms with van der Waals surface area (Å²) in [6.07, 6.45) is 7.26. The van der Waals surface area contributed by atoms with Crippen LogP contribution in [0.1, 0.15) is 91.2 Å². The maximum absolute atomic E-state index is 6.41. The van der Waals surface area contributed by atoms with Gasteiger partial charge >= 0.3 is 7.12 Å². The molecule has 2 aromatic rings. The van der Waals surface area contributed by atoms with Gasteiger partial charge in [0.2, 0.25) is 0 Å². The molecule has 2 nitrogen and oxygen atoms in total.